The second-order valence-corrected chi connectivity index (χ2v) is 23.8. The highest BCUT2D eigenvalue weighted by molar-refractivity contribution is 5.71. The number of hydrogen-bond acceptors (Lipinski definition) is 6. The van der Waals surface area contributed by atoms with Gasteiger partial charge < -0.3 is 14.2 Å². The van der Waals surface area contributed by atoms with Crippen molar-refractivity contribution in [2.75, 3.05) is 13.2 Å². The van der Waals surface area contributed by atoms with Crippen molar-refractivity contribution in [2.24, 2.45) is 0 Å². The van der Waals surface area contributed by atoms with Crippen LogP contribution in [0.5, 0.6) is 0 Å². The minimum Gasteiger partial charge on any atom is -0.462 e. The van der Waals surface area contributed by atoms with Gasteiger partial charge in [-0.1, -0.05) is 333 Å². The lowest BCUT2D eigenvalue weighted by atomic mass is 10.0. The Labute approximate surface area is 492 Å². The maximum atomic E-state index is 12.9. The molecule has 462 valence electrons. The number of hydrogen-bond donors (Lipinski definition) is 0. The van der Waals surface area contributed by atoms with E-state index in [4.69, 9.17) is 14.2 Å². The summed E-state index contributed by atoms with van der Waals surface area (Å²) < 4.78 is 16.9. The van der Waals surface area contributed by atoms with Gasteiger partial charge in [0.1, 0.15) is 13.2 Å². The fourth-order valence-electron chi connectivity index (χ4n) is 10.5. The first-order valence-corrected chi connectivity index (χ1v) is 35.1. The summed E-state index contributed by atoms with van der Waals surface area (Å²) in [4.78, 5) is 38.3. The van der Waals surface area contributed by atoms with Gasteiger partial charge in [-0.2, -0.15) is 0 Å². The molecule has 6 heteroatoms. The molecule has 0 bridgehead atoms. The van der Waals surface area contributed by atoms with E-state index in [0.717, 1.165) is 77.0 Å². The monoisotopic (exact) mass is 1110 g/mol. The third-order valence-electron chi connectivity index (χ3n) is 15.8. The van der Waals surface area contributed by atoms with Gasteiger partial charge in [-0.15, -0.1) is 0 Å². The zero-order valence-electron chi connectivity index (χ0n) is 53.2. The minimum absolute atomic E-state index is 0.0707. The average Bonchev–Trinajstić information content (AvgIpc) is 3.45. The molecule has 0 aliphatic carbocycles. The number of allylic oxidation sites excluding steroid dienone is 8. The summed E-state index contributed by atoms with van der Waals surface area (Å²) in [5.41, 5.74) is 0. The van der Waals surface area contributed by atoms with Crippen LogP contribution in [0.4, 0.5) is 0 Å². The molecule has 6 nitrogen and oxygen atoms in total. The summed E-state index contributed by atoms with van der Waals surface area (Å²) in [5.74, 6) is -0.856. The molecule has 0 rings (SSSR count). The van der Waals surface area contributed by atoms with E-state index < -0.39 is 6.10 Å². The van der Waals surface area contributed by atoms with Crippen molar-refractivity contribution in [2.45, 2.75) is 386 Å². The number of rotatable bonds is 65. The third kappa shape index (κ3) is 66.1. The summed E-state index contributed by atoms with van der Waals surface area (Å²) in [7, 11) is 0. The molecular formula is C73H134O6. The molecule has 0 fully saturated rings. The molecule has 0 aromatic rings. The Bertz CT molecular complexity index is 1360. The molecular weight excluding hydrogens is 973 g/mol. The molecule has 0 amide bonds. The first-order valence-electron chi connectivity index (χ1n) is 35.1. The number of esters is 3. The normalized spacial score (nSPS) is 12.3. The predicted molar refractivity (Wildman–Crippen MR) is 344 cm³/mol. The molecule has 0 aromatic carbocycles. The Morgan fingerprint density at radius 3 is 0.759 bits per heavy atom. The minimum atomic E-state index is -0.773. The molecule has 0 saturated heterocycles. The highest BCUT2D eigenvalue weighted by Gasteiger charge is 2.19. The molecule has 0 aliphatic heterocycles. The Morgan fingerprint density at radius 1 is 0.253 bits per heavy atom. The van der Waals surface area contributed by atoms with Crippen molar-refractivity contribution >= 4 is 17.9 Å². The molecule has 0 saturated carbocycles. The van der Waals surface area contributed by atoms with Crippen molar-refractivity contribution < 1.29 is 28.6 Å². The lowest BCUT2D eigenvalue weighted by Gasteiger charge is -2.18. The van der Waals surface area contributed by atoms with Gasteiger partial charge in [-0.3, -0.25) is 14.4 Å². The van der Waals surface area contributed by atoms with Crippen LogP contribution < -0.4 is 0 Å². The maximum Gasteiger partial charge on any atom is 0.306 e. The molecule has 0 radical (unpaired) electrons. The van der Waals surface area contributed by atoms with Crippen LogP contribution in [0, 0.1) is 0 Å². The summed E-state index contributed by atoms with van der Waals surface area (Å²) in [6.45, 7) is 6.65. The summed E-state index contributed by atoms with van der Waals surface area (Å²) in [5, 5.41) is 0. The second-order valence-electron chi connectivity index (χ2n) is 23.8. The first kappa shape index (κ1) is 76.4. The Hall–Kier alpha value is -2.63. The third-order valence-corrected chi connectivity index (χ3v) is 15.8. The van der Waals surface area contributed by atoms with E-state index in [9.17, 15) is 14.4 Å². The van der Waals surface area contributed by atoms with Crippen LogP contribution in [0.2, 0.25) is 0 Å². The first-order chi connectivity index (χ1) is 39.0. The lowest BCUT2D eigenvalue weighted by Crippen LogP contribution is -2.30. The van der Waals surface area contributed by atoms with Gasteiger partial charge in [0.2, 0.25) is 0 Å². The lowest BCUT2D eigenvalue weighted by molar-refractivity contribution is -0.167. The number of carbonyl (C=O) groups excluding carboxylic acids is 3. The van der Waals surface area contributed by atoms with Gasteiger partial charge in [-0.05, 0) is 77.0 Å². The van der Waals surface area contributed by atoms with E-state index in [-0.39, 0.29) is 31.1 Å². The van der Waals surface area contributed by atoms with Crippen molar-refractivity contribution in [3.63, 3.8) is 0 Å². The molecule has 0 heterocycles. The Balaban J connectivity index is 4.13. The van der Waals surface area contributed by atoms with Crippen molar-refractivity contribution in [3.8, 4) is 0 Å². The summed E-state index contributed by atoms with van der Waals surface area (Å²) >= 11 is 0. The highest BCUT2D eigenvalue weighted by atomic mass is 16.6. The summed E-state index contributed by atoms with van der Waals surface area (Å²) in [6.07, 6.45) is 85.8. The summed E-state index contributed by atoms with van der Waals surface area (Å²) in [6, 6.07) is 0. The largest absolute Gasteiger partial charge is 0.462 e. The molecule has 0 aromatic heterocycles. The van der Waals surface area contributed by atoms with Crippen LogP contribution in [0.1, 0.15) is 380 Å². The molecule has 0 aliphatic rings. The van der Waals surface area contributed by atoms with E-state index in [0.29, 0.717) is 19.3 Å². The van der Waals surface area contributed by atoms with E-state index in [1.165, 1.54) is 263 Å². The quantitative estimate of drug-likeness (QED) is 0.0261. The van der Waals surface area contributed by atoms with Crippen LogP contribution >= 0.6 is 0 Å². The van der Waals surface area contributed by atoms with Gasteiger partial charge in [-0.25, -0.2) is 0 Å². The van der Waals surface area contributed by atoms with Gasteiger partial charge >= 0.3 is 17.9 Å². The maximum absolute atomic E-state index is 12.9. The van der Waals surface area contributed by atoms with Crippen LogP contribution in [0.15, 0.2) is 48.6 Å². The van der Waals surface area contributed by atoms with Crippen LogP contribution in [0.3, 0.4) is 0 Å². The van der Waals surface area contributed by atoms with Gasteiger partial charge in [0, 0.05) is 19.3 Å². The second kappa shape index (κ2) is 67.9. The zero-order chi connectivity index (χ0) is 57.1. The Morgan fingerprint density at radius 2 is 0.468 bits per heavy atom. The smallest absolute Gasteiger partial charge is 0.306 e. The van der Waals surface area contributed by atoms with E-state index in [2.05, 4.69) is 69.4 Å². The van der Waals surface area contributed by atoms with Gasteiger partial charge in [0.05, 0.1) is 0 Å². The number of unbranched alkanes of at least 4 members (excludes halogenated alkanes) is 46. The zero-order valence-corrected chi connectivity index (χ0v) is 53.2. The van der Waals surface area contributed by atoms with Crippen molar-refractivity contribution in [1.29, 1.82) is 0 Å². The standard InChI is InChI=1S/C73H134O6/c1-4-7-10-13-16-19-22-24-26-28-30-31-32-33-34-35-36-37-38-39-40-41-43-44-46-48-51-54-57-60-63-66-72(75)78-69-70(68-77-71(74)65-62-59-56-53-50-21-18-15-12-9-6-3)79-73(76)67-64-61-58-55-52-49-47-45-42-29-27-25-23-20-17-14-11-8-5-2/h15,18,22,24,28,30,32-33,70H,4-14,16-17,19-21,23,25-27,29,31,34-69H2,1-3H3/b18-15-,24-22-,30-28-,33-32-. The topological polar surface area (TPSA) is 78.9 Å². The molecule has 0 N–H and O–H groups in total. The highest BCUT2D eigenvalue weighted by Crippen LogP contribution is 2.18. The van der Waals surface area contributed by atoms with E-state index in [1.54, 1.807) is 0 Å². The molecule has 1 unspecified atom stereocenters. The van der Waals surface area contributed by atoms with E-state index in [1.807, 2.05) is 0 Å². The van der Waals surface area contributed by atoms with Crippen LogP contribution in [0.25, 0.3) is 0 Å². The molecule has 79 heavy (non-hydrogen) atoms. The SMILES string of the molecule is CCCC/C=C\CCCCCCCC(=O)OCC(COC(=O)CCCCCCCCCCCCCCCCCC/C=C\C/C=C\C/C=C\CCCCCCC)OC(=O)CCCCCCCCCCCCCCCCCCCCC. The van der Waals surface area contributed by atoms with Gasteiger partial charge in [0.15, 0.2) is 6.10 Å². The number of carbonyl (C=O) groups is 3. The van der Waals surface area contributed by atoms with Crippen LogP contribution in [-0.2, 0) is 28.6 Å². The Kier molecular flexibility index (Phi) is 65.6. The van der Waals surface area contributed by atoms with Crippen molar-refractivity contribution in [1.82, 2.24) is 0 Å². The fraction of sp³-hybridized carbons (Fsp3) is 0.849. The predicted octanol–water partition coefficient (Wildman–Crippen LogP) is 24.1. The number of ether oxygens (including phenoxy) is 3. The molecule has 1 atom stereocenters. The fourth-order valence-corrected chi connectivity index (χ4v) is 10.5. The molecule has 0 spiro atoms. The van der Waals surface area contributed by atoms with Crippen molar-refractivity contribution in [3.05, 3.63) is 48.6 Å². The van der Waals surface area contributed by atoms with Crippen LogP contribution in [-0.4, -0.2) is 37.2 Å². The van der Waals surface area contributed by atoms with Gasteiger partial charge in [0.25, 0.3) is 0 Å². The van der Waals surface area contributed by atoms with E-state index >= 15 is 0 Å². The average molecular weight is 1110 g/mol.